The number of amides is 1. The lowest BCUT2D eigenvalue weighted by Crippen LogP contribution is -2.46. The minimum absolute atomic E-state index is 0.166. The maximum atomic E-state index is 12.5. The van der Waals surface area contributed by atoms with Gasteiger partial charge in [0.1, 0.15) is 0 Å². The van der Waals surface area contributed by atoms with E-state index >= 15 is 0 Å². The van der Waals surface area contributed by atoms with Gasteiger partial charge in [0.2, 0.25) is 0 Å². The Labute approximate surface area is 173 Å². The second-order valence-electron chi connectivity index (χ2n) is 8.79. The molecule has 0 aliphatic heterocycles. The monoisotopic (exact) mass is 394 g/mol. The highest BCUT2D eigenvalue weighted by atomic mass is 32.1. The van der Waals surface area contributed by atoms with Crippen LogP contribution in [0.2, 0.25) is 0 Å². The SMILES string of the molecule is CC(C)(C)C1CCC(NC(=S)NC(=O)c2ccc(-c3ccccc3)cc2)CC1. The molecule has 0 atom stereocenters. The van der Waals surface area contributed by atoms with Crippen LogP contribution in [0.5, 0.6) is 0 Å². The normalized spacial score (nSPS) is 19.7. The summed E-state index contributed by atoms with van der Waals surface area (Å²) in [5.74, 6) is 0.595. The molecule has 1 saturated carbocycles. The Morgan fingerprint density at radius 3 is 2.04 bits per heavy atom. The van der Waals surface area contributed by atoms with Crippen LogP contribution in [0.15, 0.2) is 54.6 Å². The predicted molar refractivity (Wildman–Crippen MR) is 120 cm³/mol. The van der Waals surface area contributed by atoms with Crippen molar-refractivity contribution >= 4 is 23.2 Å². The number of hydrogen-bond donors (Lipinski definition) is 2. The molecule has 0 unspecified atom stereocenters. The summed E-state index contributed by atoms with van der Waals surface area (Å²) < 4.78 is 0. The third kappa shape index (κ3) is 5.41. The standard InChI is InChI=1S/C24H30N2OS/c1-24(2,3)20-13-15-21(16-14-20)25-23(28)26-22(27)19-11-9-18(10-12-19)17-7-5-4-6-8-17/h4-12,20-21H,13-16H2,1-3H3,(H2,25,26,27,28). The first kappa shape index (κ1) is 20.5. The summed E-state index contributed by atoms with van der Waals surface area (Å²) in [4.78, 5) is 12.5. The van der Waals surface area contributed by atoms with Gasteiger partial charge in [-0.15, -0.1) is 0 Å². The second-order valence-corrected chi connectivity index (χ2v) is 9.19. The summed E-state index contributed by atoms with van der Waals surface area (Å²) in [6.45, 7) is 6.96. The van der Waals surface area contributed by atoms with Gasteiger partial charge < -0.3 is 5.32 Å². The number of thiocarbonyl (C=S) groups is 1. The number of nitrogens with one attached hydrogen (secondary N) is 2. The molecule has 3 nitrogen and oxygen atoms in total. The molecule has 0 aromatic heterocycles. The summed E-state index contributed by atoms with van der Waals surface area (Å²) in [6, 6.07) is 18.1. The van der Waals surface area contributed by atoms with Crippen LogP contribution in [0.4, 0.5) is 0 Å². The van der Waals surface area contributed by atoms with Crippen molar-refractivity contribution in [3.63, 3.8) is 0 Å². The summed E-state index contributed by atoms with van der Waals surface area (Å²) >= 11 is 5.37. The van der Waals surface area contributed by atoms with Gasteiger partial charge in [-0.05, 0) is 72.5 Å². The molecular formula is C24H30N2OS. The van der Waals surface area contributed by atoms with Crippen LogP contribution >= 0.6 is 12.2 Å². The molecule has 2 N–H and O–H groups in total. The molecule has 1 aliphatic rings. The number of rotatable bonds is 3. The zero-order valence-electron chi connectivity index (χ0n) is 17.0. The topological polar surface area (TPSA) is 41.1 Å². The van der Waals surface area contributed by atoms with Crippen molar-refractivity contribution in [2.75, 3.05) is 0 Å². The number of carbonyl (C=O) groups excluding carboxylic acids is 1. The van der Waals surface area contributed by atoms with Gasteiger partial charge >= 0.3 is 0 Å². The molecule has 0 saturated heterocycles. The molecular weight excluding hydrogens is 364 g/mol. The molecule has 1 amide bonds. The maximum absolute atomic E-state index is 12.5. The molecule has 3 rings (SSSR count). The van der Waals surface area contributed by atoms with Crippen molar-refractivity contribution in [2.45, 2.75) is 52.5 Å². The van der Waals surface area contributed by atoms with E-state index in [0.29, 0.717) is 22.1 Å². The predicted octanol–water partition coefficient (Wildman–Crippen LogP) is 5.56. The zero-order valence-corrected chi connectivity index (χ0v) is 17.8. The Bertz CT molecular complexity index is 801. The largest absolute Gasteiger partial charge is 0.360 e. The maximum Gasteiger partial charge on any atom is 0.257 e. The summed E-state index contributed by atoms with van der Waals surface area (Å²) in [7, 11) is 0. The highest BCUT2D eigenvalue weighted by Crippen LogP contribution is 2.37. The Morgan fingerprint density at radius 1 is 0.893 bits per heavy atom. The highest BCUT2D eigenvalue weighted by molar-refractivity contribution is 7.80. The molecule has 28 heavy (non-hydrogen) atoms. The van der Waals surface area contributed by atoms with Gasteiger partial charge in [-0.3, -0.25) is 10.1 Å². The van der Waals surface area contributed by atoms with E-state index in [1.165, 1.54) is 12.8 Å². The van der Waals surface area contributed by atoms with Crippen LogP contribution in [-0.2, 0) is 0 Å². The number of hydrogen-bond acceptors (Lipinski definition) is 2. The quantitative estimate of drug-likeness (QED) is 0.669. The molecule has 148 valence electrons. The Morgan fingerprint density at radius 2 is 1.46 bits per heavy atom. The third-order valence-electron chi connectivity index (χ3n) is 5.77. The fraction of sp³-hybridized carbons (Fsp3) is 0.417. The van der Waals surface area contributed by atoms with Crippen LogP contribution in [0.25, 0.3) is 11.1 Å². The van der Waals surface area contributed by atoms with Gasteiger partial charge in [-0.1, -0.05) is 63.2 Å². The minimum Gasteiger partial charge on any atom is -0.360 e. The van der Waals surface area contributed by atoms with Crippen molar-refractivity contribution in [2.24, 2.45) is 11.3 Å². The van der Waals surface area contributed by atoms with E-state index in [0.717, 1.165) is 29.9 Å². The molecule has 0 radical (unpaired) electrons. The first-order valence-corrected chi connectivity index (χ1v) is 10.5. The van der Waals surface area contributed by atoms with Crippen molar-refractivity contribution in [3.8, 4) is 11.1 Å². The number of benzene rings is 2. The van der Waals surface area contributed by atoms with Crippen LogP contribution < -0.4 is 10.6 Å². The van der Waals surface area contributed by atoms with Crippen LogP contribution in [0.3, 0.4) is 0 Å². The van der Waals surface area contributed by atoms with E-state index in [9.17, 15) is 4.79 Å². The van der Waals surface area contributed by atoms with Gasteiger partial charge in [-0.2, -0.15) is 0 Å². The van der Waals surface area contributed by atoms with E-state index in [-0.39, 0.29) is 5.91 Å². The average molecular weight is 395 g/mol. The first-order valence-electron chi connectivity index (χ1n) is 10.1. The lowest BCUT2D eigenvalue weighted by atomic mass is 9.71. The minimum atomic E-state index is -0.166. The van der Waals surface area contributed by atoms with Crippen LogP contribution in [0, 0.1) is 11.3 Å². The van der Waals surface area contributed by atoms with Gasteiger partial charge in [-0.25, -0.2) is 0 Å². The summed E-state index contributed by atoms with van der Waals surface area (Å²) in [5, 5.41) is 6.58. The lowest BCUT2D eigenvalue weighted by molar-refractivity contribution is 0.0976. The Hall–Kier alpha value is -2.20. The van der Waals surface area contributed by atoms with Crippen LogP contribution in [-0.4, -0.2) is 17.1 Å². The zero-order chi connectivity index (χ0) is 20.1. The van der Waals surface area contributed by atoms with Gasteiger partial charge in [0.05, 0.1) is 0 Å². The molecule has 4 heteroatoms. The molecule has 1 fully saturated rings. The summed E-state index contributed by atoms with van der Waals surface area (Å²) in [5.41, 5.74) is 3.21. The van der Waals surface area contributed by atoms with Gasteiger partial charge in [0.25, 0.3) is 5.91 Å². The summed E-state index contributed by atoms with van der Waals surface area (Å²) in [6.07, 6.45) is 4.62. The van der Waals surface area contributed by atoms with Crippen LogP contribution in [0.1, 0.15) is 56.8 Å². The van der Waals surface area contributed by atoms with E-state index in [2.05, 4.69) is 43.5 Å². The fourth-order valence-corrected chi connectivity index (χ4v) is 4.20. The molecule has 0 heterocycles. The Balaban J connectivity index is 1.50. The second kappa shape index (κ2) is 8.87. The van der Waals surface area contributed by atoms with Crippen molar-refractivity contribution < 1.29 is 4.79 Å². The average Bonchev–Trinajstić information content (AvgIpc) is 2.68. The molecule has 2 aromatic carbocycles. The molecule has 0 bridgehead atoms. The van der Waals surface area contributed by atoms with E-state index < -0.39 is 0 Å². The third-order valence-corrected chi connectivity index (χ3v) is 5.99. The number of carbonyl (C=O) groups is 1. The van der Waals surface area contributed by atoms with Crippen molar-refractivity contribution in [1.29, 1.82) is 0 Å². The molecule has 2 aromatic rings. The fourth-order valence-electron chi connectivity index (χ4n) is 3.95. The van der Waals surface area contributed by atoms with E-state index in [1.54, 1.807) is 0 Å². The molecule has 1 aliphatic carbocycles. The Kier molecular flexibility index (Phi) is 6.50. The molecule has 0 spiro atoms. The van der Waals surface area contributed by atoms with Crippen molar-refractivity contribution in [3.05, 3.63) is 60.2 Å². The lowest BCUT2D eigenvalue weighted by Gasteiger charge is -2.37. The van der Waals surface area contributed by atoms with Gasteiger partial charge in [0.15, 0.2) is 5.11 Å². The van der Waals surface area contributed by atoms with Crippen molar-refractivity contribution in [1.82, 2.24) is 10.6 Å². The first-order chi connectivity index (χ1) is 13.3. The van der Waals surface area contributed by atoms with Gasteiger partial charge in [0, 0.05) is 11.6 Å². The smallest absolute Gasteiger partial charge is 0.257 e. The van der Waals surface area contributed by atoms with E-state index in [4.69, 9.17) is 12.2 Å². The van der Waals surface area contributed by atoms with E-state index in [1.807, 2.05) is 42.5 Å². The highest BCUT2D eigenvalue weighted by Gasteiger charge is 2.29.